The van der Waals surface area contributed by atoms with Crippen LogP contribution in [-0.2, 0) is 0 Å². The molecule has 0 fully saturated rings. The van der Waals surface area contributed by atoms with Crippen molar-refractivity contribution in [2.45, 2.75) is 0 Å². The zero-order valence-electron chi connectivity index (χ0n) is 27.0. The van der Waals surface area contributed by atoms with Crippen molar-refractivity contribution in [3.8, 4) is 22.9 Å². The Labute approximate surface area is 292 Å². The number of hydrogen-bond acceptors (Lipinski definition) is 1. The molecule has 50 heavy (non-hydrogen) atoms. The van der Waals surface area contributed by atoms with E-state index in [4.69, 9.17) is 13.1 Å². The minimum Gasteiger partial charge on any atom is -0.319 e. The van der Waals surface area contributed by atoms with Crippen LogP contribution in [0.15, 0.2) is 170 Å². The largest absolute Gasteiger partial charge is 0.319 e. The van der Waals surface area contributed by atoms with Crippen molar-refractivity contribution in [2.24, 2.45) is 0 Å². The number of aromatic nitrogens is 1. The second-order valence-electron chi connectivity index (χ2n) is 12.2. The van der Waals surface area contributed by atoms with Gasteiger partial charge in [-0.2, -0.15) is 5.26 Å². The fourth-order valence-electron chi connectivity index (χ4n) is 7.47. The molecule has 0 atom stereocenters. The predicted molar refractivity (Wildman–Crippen MR) is 207 cm³/mol. The van der Waals surface area contributed by atoms with Crippen molar-refractivity contribution in [3.63, 3.8) is 0 Å². The first-order chi connectivity index (χ1) is 24.7. The third-order valence-corrected chi connectivity index (χ3v) is 14.4. The highest BCUT2D eigenvalue weighted by molar-refractivity contribution is 7.20. The molecule has 1 aromatic heterocycles. The molecule has 8 rings (SSSR count). The van der Waals surface area contributed by atoms with Gasteiger partial charge in [-0.3, -0.25) is 0 Å². The zero-order chi connectivity index (χ0) is 34.1. The lowest BCUT2D eigenvalue weighted by Gasteiger charge is -2.36. The Hall–Kier alpha value is -6.97. The van der Waals surface area contributed by atoms with Gasteiger partial charge in [-0.15, -0.1) is 0 Å². The first-order valence-electron chi connectivity index (χ1n) is 16.3. The van der Waals surface area contributed by atoms with Crippen LogP contribution in [0, 0.1) is 24.5 Å². The van der Waals surface area contributed by atoms with Gasteiger partial charge in [-0.1, -0.05) is 133 Å². The molecule has 232 valence electrons. The molecule has 0 saturated heterocycles. The number of nitriles is 1. The monoisotopic (exact) mass is 652 g/mol. The van der Waals surface area contributed by atoms with Gasteiger partial charge in [0.2, 0.25) is 5.69 Å². The van der Waals surface area contributed by atoms with Gasteiger partial charge in [-0.05, 0) is 73.7 Å². The van der Waals surface area contributed by atoms with Gasteiger partial charge in [0.15, 0.2) is 13.8 Å². The van der Waals surface area contributed by atoms with Gasteiger partial charge in [0.25, 0.3) is 0 Å². The van der Waals surface area contributed by atoms with Crippen LogP contribution in [0.2, 0.25) is 0 Å². The van der Waals surface area contributed by atoms with E-state index in [1.165, 1.54) is 20.7 Å². The molecule has 0 amide bonds. The summed E-state index contributed by atoms with van der Waals surface area (Å²) in [6.07, 6.45) is 0. The standard InChI is InChI=1S/C45H28N4Si/c1-47-34-24-27-43-40(30-34)39-28-32(31-46)22-26-42(39)49(43)44-29-33(23-25-41(44)48-2)38-20-12-13-21-45(38)50(35-14-6-3-7-15-35,36-16-8-4-9-17-36)37-18-10-5-11-19-37/h3-30H. The van der Waals surface area contributed by atoms with Gasteiger partial charge >= 0.3 is 0 Å². The summed E-state index contributed by atoms with van der Waals surface area (Å²) >= 11 is 0. The Kier molecular flexibility index (Phi) is 7.63. The molecule has 7 aromatic carbocycles. The topological polar surface area (TPSA) is 37.4 Å². The number of rotatable bonds is 6. The van der Waals surface area contributed by atoms with Crippen molar-refractivity contribution >= 4 is 62.0 Å². The molecule has 0 aliphatic rings. The Morgan fingerprint density at radius 3 is 1.68 bits per heavy atom. The van der Waals surface area contributed by atoms with E-state index in [0.717, 1.165) is 38.6 Å². The summed E-state index contributed by atoms with van der Waals surface area (Å²) in [5, 5.41) is 16.6. The Bertz CT molecular complexity index is 2510. The second-order valence-corrected chi connectivity index (χ2v) is 16.0. The van der Waals surface area contributed by atoms with E-state index in [2.05, 4.69) is 148 Å². The molecule has 0 saturated carbocycles. The summed E-state index contributed by atoms with van der Waals surface area (Å²) in [5.74, 6) is 0. The molecule has 0 aliphatic carbocycles. The maximum absolute atomic E-state index is 9.74. The van der Waals surface area contributed by atoms with E-state index < -0.39 is 8.07 Å². The molecule has 0 aliphatic heterocycles. The maximum atomic E-state index is 9.74. The first kappa shape index (κ1) is 30.4. The molecule has 0 bridgehead atoms. The number of fused-ring (bicyclic) bond motifs is 3. The number of benzene rings is 7. The van der Waals surface area contributed by atoms with Crippen LogP contribution in [0.3, 0.4) is 0 Å². The van der Waals surface area contributed by atoms with Gasteiger partial charge in [0, 0.05) is 5.39 Å². The molecule has 0 N–H and O–H groups in total. The third-order valence-electron chi connectivity index (χ3n) is 9.61. The first-order valence-corrected chi connectivity index (χ1v) is 18.3. The van der Waals surface area contributed by atoms with E-state index in [1.54, 1.807) is 0 Å². The molecule has 0 unspecified atom stereocenters. The fraction of sp³-hybridized carbons (Fsp3) is 0. The lowest BCUT2D eigenvalue weighted by atomic mass is 10.0. The summed E-state index contributed by atoms with van der Waals surface area (Å²) in [6.45, 7) is 15.9. The molecule has 0 spiro atoms. The number of nitrogens with zero attached hydrogens (tertiary/aromatic N) is 4. The van der Waals surface area contributed by atoms with Crippen LogP contribution in [0.1, 0.15) is 5.56 Å². The maximum Gasteiger partial charge on any atom is 0.210 e. The summed E-state index contributed by atoms with van der Waals surface area (Å²) in [6, 6.07) is 61.0. The SMILES string of the molecule is [C-]#[N+]c1ccc2c(c1)c1cc(C#N)ccc1n2-c1cc(-c2ccccc2[Si](c2ccccc2)(c2ccccc2)c2ccccc2)ccc1[N+]#[C-]. The normalized spacial score (nSPS) is 11.1. The van der Waals surface area contributed by atoms with Crippen LogP contribution in [0.4, 0.5) is 11.4 Å². The third kappa shape index (κ3) is 4.80. The lowest BCUT2D eigenvalue weighted by molar-refractivity contribution is 1.19. The van der Waals surface area contributed by atoms with Gasteiger partial charge in [0.1, 0.15) is 0 Å². The zero-order valence-corrected chi connectivity index (χ0v) is 28.0. The van der Waals surface area contributed by atoms with Gasteiger partial charge in [-0.25, -0.2) is 9.69 Å². The van der Waals surface area contributed by atoms with Gasteiger partial charge in [0.05, 0.1) is 41.5 Å². The summed E-state index contributed by atoms with van der Waals surface area (Å²) < 4.78 is 2.11. The van der Waals surface area contributed by atoms with E-state index in [-0.39, 0.29) is 0 Å². The van der Waals surface area contributed by atoms with Crippen LogP contribution >= 0.6 is 0 Å². The molecule has 8 aromatic rings. The Morgan fingerprint density at radius 2 is 1.10 bits per heavy atom. The van der Waals surface area contributed by atoms with E-state index in [9.17, 15) is 5.26 Å². The van der Waals surface area contributed by atoms with Crippen molar-refractivity contribution in [3.05, 3.63) is 198 Å². The molecule has 1 heterocycles. The fourth-order valence-corrected chi connectivity index (χ4v) is 12.5. The summed E-state index contributed by atoms with van der Waals surface area (Å²) in [4.78, 5) is 7.67. The Morgan fingerprint density at radius 1 is 0.540 bits per heavy atom. The van der Waals surface area contributed by atoms with Gasteiger partial charge < -0.3 is 4.57 Å². The minimum absolute atomic E-state index is 0.515. The summed E-state index contributed by atoms with van der Waals surface area (Å²) in [7, 11) is -2.87. The average Bonchev–Trinajstić information content (AvgIpc) is 3.52. The van der Waals surface area contributed by atoms with Crippen molar-refractivity contribution in [1.29, 1.82) is 5.26 Å². The average molecular weight is 653 g/mol. The number of hydrogen-bond donors (Lipinski definition) is 0. The predicted octanol–water partition coefficient (Wildman–Crippen LogP) is 8.80. The van der Waals surface area contributed by atoms with Crippen LogP contribution in [0.25, 0.3) is 48.3 Å². The molecule has 4 nitrogen and oxygen atoms in total. The minimum atomic E-state index is -2.87. The van der Waals surface area contributed by atoms with Crippen LogP contribution < -0.4 is 20.7 Å². The Balaban J connectivity index is 1.45. The highest BCUT2D eigenvalue weighted by Gasteiger charge is 2.42. The highest BCUT2D eigenvalue weighted by atomic mass is 28.3. The van der Waals surface area contributed by atoms with Crippen LogP contribution in [-0.4, -0.2) is 12.6 Å². The second kappa shape index (κ2) is 12.6. The quantitative estimate of drug-likeness (QED) is 0.101. The smallest absolute Gasteiger partial charge is 0.210 e. The molecular formula is C45H28N4Si. The van der Waals surface area contributed by atoms with Crippen LogP contribution in [0.5, 0.6) is 0 Å². The lowest BCUT2D eigenvalue weighted by Crippen LogP contribution is -2.75. The van der Waals surface area contributed by atoms with Crippen molar-refractivity contribution < 1.29 is 0 Å². The van der Waals surface area contributed by atoms with E-state index >= 15 is 0 Å². The van der Waals surface area contributed by atoms with E-state index in [1.807, 2.05) is 42.5 Å². The van der Waals surface area contributed by atoms with E-state index in [0.29, 0.717) is 16.9 Å². The molecule has 0 radical (unpaired) electrons. The molecule has 5 heteroatoms. The molecular weight excluding hydrogens is 625 g/mol. The highest BCUT2D eigenvalue weighted by Crippen LogP contribution is 2.39. The van der Waals surface area contributed by atoms with Crippen molar-refractivity contribution in [1.82, 2.24) is 4.57 Å². The van der Waals surface area contributed by atoms with Crippen molar-refractivity contribution in [2.75, 3.05) is 0 Å². The summed E-state index contributed by atoms with van der Waals surface area (Å²) in [5.41, 5.74) is 6.19.